The van der Waals surface area contributed by atoms with Gasteiger partial charge in [-0.05, 0) is 49.6 Å². The lowest BCUT2D eigenvalue weighted by molar-refractivity contribution is -0.115. The van der Waals surface area contributed by atoms with E-state index < -0.39 is 15.3 Å². The Balaban J connectivity index is 1.40. The first kappa shape index (κ1) is 23.9. The van der Waals surface area contributed by atoms with E-state index in [1.807, 2.05) is 29.0 Å². The molecule has 1 saturated heterocycles. The predicted molar refractivity (Wildman–Crippen MR) is 129 cm³/mol. The first-order chi connectivity index (χ1) is 15.9. The standard InChI is InChI=1S/C21H25N5O4S3/c1-3-26-19(18-5-4-14-31-18)23-24-21(26)32-15(2)20(27)22-16-6-8-17(9-7-16)33(28,29)25-10-12-30-13-11-25/h4-9,14-15H,3,10-13H2,1-2H3,(H,22,27)/t15-/m0/s1. The lowest BCUT2D eigenvalue weighted by Gasteiger charge is -2.26. The quantitative estimate of drug-likeness (QED) is 0.467. The van der Waals surface area contributed by atoms with Crippen molar-refractivity contribution >= 4 is 44.7 Å². The highest BCUT2D eigenvalue weighted by atomic mass is 32.2. The number of nitrogens with zero attached hydrogens (tertiary/aromatic N) is 4. The molecule has 2 aromatic heterocycles. The minimum atomic E-state index is -3.57. The first-order valence-electron chi connectivity index (χ1n) is 10.5. The van der Waals surface area contributed by atoms with Crippen LogP contribution in [0.25, 0.3) is 10.7 Å². The lowest BCUT2D eigenvalue weighted by Crippen LogP contribution is -2.40. The van der Waals surface area contributed by atoms with E-state index in [9.17, 15) is 13.2 Å². The molecule has 0 spiro atoms. The van der Waals surface area contributed by atoms with Crippen molar-refractivity contribution < 1.29 is 17.9 Å². The van der Waals surface area contributed by atoms with E-state index in [0.29, 0.717) is 43.7 Å². The summed E-state index contributed by atoms with van der Waals surface area (Å²) in [5, 5.41) is 13.7. The third-order valence-electron chi connectivity index (χ3n) is 5.16. The highest BCUT2D eigenvalue weighted by Crippen LogP contribution is 2.29. The fraction of sp³-hybridized carbons (Fsp3) is 0.381. The van der Waals surface area contributed by atoms with E-state index in [-0.39, 0.29) is 10.8 Å². The zero-order chi connectivity index (χ0) is 23.4. The van der Waals surface area contributed by atoms with Crippen LogP contribution in [-0.2, 0) is 26.1 Å². The number of carbonyl (C=O) groups excluding carboxylic acids is 1. The van der Waals surface area contributed by atoms with Crippen molar-refractivity contribution in [3.63, 3.8) is 0 Å². The molecule has 1 atom stereocenters. The van der Waals surface area contributed by atoms with Gasteiger partial charge in [0.1, 0.15) is 0 Å². The molecule has 4 rings (SSSR count). The van der Waals surface area contributed by atoms with E-state index in [1.165, 1.54) is 28.2 Å². The van der Waals surface area contributed by atoms with Crippen LogP contribution in [0.15, 0.2) is 51.8 Å². The molecule has 1 aliphatic rings. The highest BCUT2D eigenvalue weighted by molar-refractivity contribution is 8.00. The van der Waals surface area contributed by atoms with E-state index in [0.717, 1.165) is 10.7 Å². The normalized spacial score (nSPS) is 15.9. The van der Waals surface area contributed by atoms with Crippen molar-refractivity contribution in [3.05, 3.63) is 41.8 Å². The van der Waals surface area contributed by atoms with Crippen molar-refractivity contribution in [2.24, 2.45) is 0 Å². The van der Waals surface area contributed by atoms with Gasteiger partial charge in [-0.25, -0.2) is 8.42 Å². The van der Waals surface area contributed by atoms with E-state index in [2.05, 4.69) is 15.5 Å². The molecule has 1 N–H and O–H groups in total. The molecule has 0 aliphatic carbocycles. The molecule has 12 heteroatoms. The molecule has 0 radical (unpaired) electrons. The number of anilines is 1. The van der Waals surface area contributed by atoms with Crippen LogP contribution >= 0.6 is 23.1 Å². The second-order valence-corrected chi connectivity index (χ2v) is 11.5. The largest absolute Gasteiger partial charge is 0.379 e. The maximum absolute atomic E-state index is 12.8. The number of morpholine rings is 1. The van der Waals surface area contributed by atoms with Gasteiger partial charge in [0.2, 0.25) is 15.9 Å². The van der Waals surface area contributed by atoms with Crippen LogP contribution in [0.2, 0.25) is 0 Å². The molecule has 176 valence electrons. The summed E-state index contributed by atoms with van der Waals surface area (Å²) in [5.74, 6) is 0.590. The SMILES string of the molecule is CCn1c(S[C@@H](C)C(=O)Nc2ccc(S(=O)(=O)N3CCOCC3)cc2)nnc1-c1cccs1. The van der Waals surface area contributed by atoms with Gasteiger partial charge < -0.3 is 14.6 Å². The molecule has 3 heterocycles. The topological polar surface area (TPSA) is 106 Å². The number of hydrogen-bond donors (Lipinski definition) is 1. The van der Waals surface area contributed by atoms with Gasteiger partial charge in [-0.2, -0.15) is 4.31 Å². The summed E-state index contributed by atoms with van der Waals surface area (Å²) in [6.07, 6.45) is 0. The van der Waals surface area contributed by atoms with Crippen molar-refractivity contribution in [2.45, 2.75) is 35.7 Å². The van der Waals surface area contributed by atoms with Crippen LogP contribution in [0.5, 0.6) is 0 Å². The van der Waals surface area contributed by atoms with E-state index >= 15 is 0 Å². The number of benzene rings is 1. The van der Waals surface area contributed by atoms with Gasteiger partial charge in [0.25, 0.3) is 0 Å². The van der Waals surface area contributed by atoms with Crippen LogP contribution in [0.3, 0.4) is 0 Å². The lowest BCUT2D eigenvalue weighted by atomic mass is 10.3. The molecule has 1 amide bonds. The Bertz CT molecular complexity index is 1190. The molecule has 3 aromatic rings. The number of ether oxygens (including phenoxy) is 1. The third-order valence-corrected chi connectivity index (χ3v) is 9.01. The Morgan fingerprint density at radius 2 is 1.94 bits per heavy atom. The number of sulfonamides is 1. The monoisotopic (exact) mass is 507 g/mol. The second-order valence-electron chi connectivity index (χ2n) is 7.32. The zero-order valence-electron chi connectivity index (χ0n) is 18.3. The van der Waals surface area contributed by atoms with Crippen LogP contribution in [0.1, 0.15) is 13.8 Å². The fourth-order valence-electron chi connectivity index (χ4n) is 3.35. The molecule has 1 fully saturated rings. The van der Waals surface area contributed by atoms with Crippen molar-refractivity contribution in [1.29, 1.82) is 0 Å². The van der Waals surface area contributed by atoms with Gasteiger partial charge in [-0.15, -0.1) is 21.5 Å². The molecule has 1 aromatic carbocycles. The fourth-order valence-corrected chi connectivity index (χ4v) is 6.39. The van der Waals surface area contributed by atoms with E-state index in [4.69, 9.17) is 4.74 Å². The van der Waals surface area contributed by atoms with Crippen molar-refractivity contribution in [3.8, 4) is 10.7 Å². The minimum Gasteiger partial charge on any atom is -0.379 e. The van der Waals surface area contributed by atoms with Crippen molar-refractivity contribution in [2.75, 3.05) is 31.6 Å². The molecule has 0 bridgehead atoms. The maximum Gasteiger partial charge on any atom is 0.243 e. The molecule has 0 saturated carbocycles. The van der Waals surface area contributed by atoms with Gasteiger partial charge in [0.05, 0.1) is 28.2 Å². The number of thioether (sulfide) groups is 1. The van der Waals surface area contributed by atoms with Crippen molar-refractivity contribution in [1.82, 2.24) is 19.1 Å². The maximum atomic E-state index is 12.8. The van der Waals surface area contributed by atoms with Crippen LogP contribution < -0.4 is 5.32 Å². The summed E-state index contributed by atoms with van der Waals surface area (Å²) in [6, 6.07) is 10.2. The van der Waals surface area contributed by atoms with Gasteiger partial charge in [-0.3, -0.25) is 4.79 Å². The number of thiophene rings is 1. The Labute approximate surface area is 201 Å². The van der Waals surface area contributed by atoms with Gasteiger partial charge in [0.15, 0.2) is 11.0 Å². The summed E-state index contributed by atoms with van der Waals surface area (Å²) >= 11 is 2.93. The molecular formula is C21H25N5O4S3. The predicted octanol–water partition coefficient (Wildman–Crippen LogP) is 3.17. The Kier molecular flexibility index (Phi) is 7.49. The first-order valence-corrected chi connectivity index (χ1v) is 13.7. The third kappa shape index (κ3) is 5.30. The molecular weight excluding hydrogens is 482 g/mol. The summed E-state index contributed by atoms with van der Waals surface area (Å²) in [4.78, 5) is 14.0. The summed E-state index contributed by atoms with van der Waals surface area (Å²) in [6.45, 7) is 5.97. The summed E-state index contributed by atoms with van der Waals surface area (Å²) in [7, 11) is -3.57. The number of carbonyl (C=O) groups is 1. The van der Waals surface area contributed by atoms with Gasteiger partial charge in [0, 0.05) is 25.3 Å². The number of nitrogens with one attached hydrogen (secondary N) is 1. The molecule has 0 unspecified atom stereocenters. The van der Waals surface area contributed by atoms with Gasteiger partial charge in [-0.1, -0.05) is 17.8 Å². The van der Waals surface area contributed by atoms with Crippen LogP contribution in [0, 0.1) is 0 Å². The molecule has 9 nitrogen and oxygen atoms in total. The van der Waals surface area contributed by atoms with Crippen LogP contribution in [-0.4, -0.2) is 64.9 Å². The molecule has 33 heavy (non-hydrogen) atoms. The summed E-state index contributed by atoms with van der Waals surface area (Å²) < 4.78 is 34.1. The average molecular weight is 508 g/mol. The summed E-state index contributed by atoms with van der Waals surface area (Å²) in [5.41, 5.74) is 0.532. The van der Waals surface area contributed by atoms with Crippen LogP contribution in [0.4, 0.5) is 5.69 Å². The smallest absolute Gasteiger partial charge is 0.243 e. The Morgan fingerprint density at radius 1 is 1.21 bits per heavy atom. The zero-order valence-corrected chi connectivity index (χ0v) is 20.8. The Hall–Kier alpha value is -2.25. The number of amides is 1. The Morgan fingerprint density at radius 3 is 2.58 bits per heavy atom. The highest BCUT2D eigenvalue weighted by Gasteiger charge is 2.26. The second kappa shape index (κ2) is 10.3. The van der Waals surface area contributed by atoms with Gasteiger partial charge >= 0.3 is 0 Å². The average Bonchev–Trinajstić information content (AvgIpc) is 3.49. The minimum absolute atomic E-state index is 0.196. The number of rotatable bonds is 8. The molecule has 1 aliphatic heterocycles. The van der Waals surface area contributed by atoms with E-state index in [1.54, 1.807) is 30.4 Å². The number of hydrogen-bond acceptors (Lipinski definition) is 8. The number of aromatic nitrogens is 3.